The lowest BCUT2D eigenvalue weighted by Gasteiger charge is -2.34. The number of anilines is 1. The van der Waals surface area contributed by atoms with Crippen LogP contribution in [0.25, 0.3) is 0 Å². The summed E-state index contributed by atoms with van der Waals surface area (Å²) < 4.78 is 7.15. The Morgan fingerprint density at radius 1 is 1.35 bits per heavy atom. The van der Waals surface area contributed by atoms with Gasteiger partial charge in [0.25, 0.3) is 0 Å². The number of carbonyl (C=O) groups is 1. The minimum atomic E-state index is -0.131. The van der Waals surface area contributed by atoms with Crippen LogP contribution in [0.4, 0.5) is 10.5 Å². The summed E-state index contributed by atoms with van der Waals surface area (Å²) in [5.41, 5.74) is 1.11. The van der Waals surface area contributed by atoms with Crippen molar-refractivity contribution in [2.45, 2.75) is 38.4 Å². The summed E-state index contributed by atoms with van der Waals surface area (Å²) in [5.74, 6) is 0.888. The standard InChI is InChI=1S/C18H26N6O2/c1-14(11-24-13-19-12-20-24)21-18(25)22-15-7-9-23(10-8-15)16-5-3-4-6-17(16)26-2/h3-6,12-15H,7-11H2,1-2H3,(H2,21,22,25). The first kappa shape index (κ1) is 18.0. The van der Waals surface area contributed by atoms with Crippen LogP contribution >= 0.6 is 0 Å². The predicted octanol–water partition coefficient (Wildman–Crippen LogP) is 1.64. The van der Waals surface area contributed by atoms with Crippen LogP contribution in [0.2, 0.25) is 0 Å². The molecule has 140 valence electrons. The first-order valence-corrected chi connectivity index (χ1v) is 8.93. The van der Waals surface area contributed by atoms with Gasteiger partial charge in [0.2, 0.25) is 0 Å². The van der Waals surface area contributed by atoms with Gasteiger partial charge in [-0.15, -0.1) is 0 Å². The molecule has 0 bridgehead atoms. The quantitative estimate of drug-likeness (QED) is 0.820. The first-order chi connectivity index (χ1) is 12.7. The molecule has 2 heterocycles. The van der Waals surface area contributed by atoms with E-state index in [9.17, 15) is 4.79 Å². The van der Waals surface area contributed by atoms with Gasteiger partial charge in [-0.2, -0.15) is 5.10 Å². The molecular formula is C18H26N6O2. The van der Waals surface area contributed by atoms with Crippen LogP contribution in [0.3, 0.4) is 0 Å². The van der Waals surface area contributed by atoms with E-state index >= 15 is 0 Å². The van der Waals surface area contributed by atoms with E-state index in [1.165, 1.54) is 6.33 Å². The van der Waals surface area contributed by atoms with Gasteiger partial charge in [-0.05, 0) is 31.9 Å². The third-order valence-electron chi connectivity index (χ3n) is 4.56. The van der Waals surface area contributed by atoms with E-state index in [4.69, 9.17) is 4.74 Å². The van der Waals surface area contributed by atoms with Gasteiger partial charge < -0.3 is 20.3 Å². The molecule has 26 heavy (non-hydrogen) atoms. The second-order valence-corrected chi connectivity index (χ2v) is 6.57. The molecule has 1 atom stereocenters. The number of hydrogen-bond acceptors (Lipinski definition) is 5. The first-order valence-electron chi connectivity index (χ1n) is 8.93. The molecule has 1 aliphatic heterocycles. The van der Waals surface area contributed by atoms with Gasteiger partial charge in [0, 0.05) is 25.2 Å². The van der Waals surface area contributed by atoms with Crippen molar-refractivity contribution in [3.8, 4) is 5.75 Å². The van der Waals surface area contributed by atoms with E-state index < -0.39 is 0 Å². The molecule has 8 nitrogen and oxygen atoms in total. The van der Waals surface area contributed by atoms with Gasteiger partial charge in [-0.25, -0.2) is 9.78 Å². The summed E-state index contributed by atoms with van der Waals surface area (Å²) in [6, 6.07) is 8.07. The molecule has 2 N–H and O–H groups in total. The minimum Gasteiger partial charge on any atom is -0.495 e. The van der Waals surface area contributed by atoms with Crippen LogP contribution in [-0.2, 0) is 6.54 Å². The highest BCUT2D eigenvalue weighted by Gasteiger charge is 2.22. The molecule has 1 fully saturated rings. The Morgan fingerprint density at radius 2 is 2.12 bits per heavy atom. The fourth-order valence-corrected chi connectivity index (χ4v) is 3.26. The van der Waals surface area contributed by atoms with Crippen LogP contribution in [0.5, 0.6) is 5.75 Å². The third-order valence-corrected chi connectivity index (χ3v) is 4.56. The lowest BCUT2D eigenvalue weighted by molar-refractivity contribution is 0.229. The Kier molecular flexibility index (Phi) is 5.93. The normalized spacial score (nSPS) is 16.2. The Morgan fingerprint density at radius 3 is 2.81 bits per heavy atom. The smallest absolute Gasteiger partial charge is 0.315 e. The zero-order valence-corrected chi connectivity index (χ0v) is 15.3. The Bertz CT molecular complexity index is 697. The maximum absolute atomic E-state index is 12.2. The molecule has 1 aliphatic rings. The number of nitrogens with one attached hydrogen (secondary N) is 2. The van der Waals surface area contributed by atoms with Crippen molar-refractivity contribution in [3.05, 3.63) is 36.9 Å². The number of nitrogens with zero attached hydrogens (tertiary/aromatic N) is 4. The lowest BCUT2D eigenvalue weighted by Crippen LogP contribution is -2.50. The van der Waals surface area contributed by atoms with Crippen LogP contribution in [0.15, 0.2) is 36.9 Å². The monoisotopic (exact) mass is 358 g/mol. The minimum absolute atomic E-state index is 0.0228. The van der Waals surface area contributed by atoms with E-state index in [1.807, 2.05) is 25.1 Å². The molecule has 1 unspecified atom stereocenters. The van der Waals surface area contributed by atoms with E-state index in [0.717, 1.165) is 37.4 Å². The maximum atomic E-state index is 12.2. The largest absolute Gasteiger partial charge is 0.495 e. The van der Waals surface area contributed by atoms with Gasteiger partial charge in [-0.1, -0.05) is 12.1 Å². The van der Waals surface area contributed by atoms with Crippen molar-refractivity contribution in [1.29, 1.82) is 0 Å². The fourth-order valence-electron chi connectivity index (χ4n) is 3.26. The van der Waals surface area contributed by atoms with Crippen LogP contribution in [0, 0.1) is 0 Å². The number of amides is 2. The van der Waals surface area contributed by atoms with Gasteiger partial charge in [-0.3, -0.25) is 4.68 Å². The van der Waals surface area contributed by atoms with Crippen LogP contribution in [-0.4, -0.2) is 53.1 Å². The summed E-state index contributed by atoms with van der Waals surface area (Å²) in [4.78, 5) is 18.4. The maximum Gasteiger partial charge on any atom is 0.315 e. The van der Waals surface area contributed by atoms with Crippen molar-refractivity contribution in [2.75, 3.05) is 25.1 Å². The summed E-state index contributed by atoms with van der Waals surface area (Å²) in [6.07, 6.45) is 4.94. The molecule has 1 aromatic heterocycles. The van der Waals surface area contributed by atoms with E-state index in [-0.39, 0.29) is 18.1 Å². The average molecular weight is 358 g/mol. The number of carbonyl (C=O) groups excluding carboxylic acids is 1. The molecule has 0 radical (unpaired) electrons. The number of para-hydroxylation sites is 2. The van der Waals surface area contributed by atoms with Crippen LogP contribution in [0.1, 0.15) is 19.8 Å². The number of rotatable bonds is 6. The summed E-state index contributed by atoms with van der Waals surface area (Å²) in [7, 11) is 1.69. The Hall–Kier alpha value is -2.77. The van der Waals surface area contributed by atoms with Crippen LogP contribution < -0.4 is 20.3 Å². The Balaban J connectivity index is 1.44. The summed E-state index contributed by atoms with van der Waals surface area (Å²) in [5, 5.41) is 10.1. The Labute approximate surface area is 153 Å². The van der Waals surface area contributed by atoms with Gasteiger partial charge in [0.05, 0.1) is 19.3 Å². The second-order valence-electron chi connectivity index (χ2n) is 6.57. The molecule has 2 amide bonds. The number of hydrogen-bond donors (Lipinski definition) is 2. The third kappa shape index (κ3) is 4.65. The molecule has 2 aromatic rings. The average Bonchev–Trinajstić information content (AvgIpc) is 3.15. The lowest BCUT2D eigenvalue weighted by atomic mass is 10.0. The van der Waals surface area contributed by atoms with E-state index in [2.05, 4.69) is 31.7 Å². The molecular weight excluding hydrogens is 332 g/mol. The topological polar surface area (TPSA) is 84.3 Å². The highest BCUT2D eigenvalue weighted by atomic mass is 16.5. The van der Waals surface area contributed by atoms with Crippen molar-refractivity contribution in [3.63, 3.8) is 0 Å². The van der Waals surface area contributed by atoms with E-state index in [1.54, 1.807) is 18.1 Å². The summed E-state index contributed by atoms with van der Waals surface area (Å²) >= 11 is 0. The highest BCUT2D eigenvalue weighted by molar-refractivity contribution is 5.74. The molecule has 1 aromatic carbocycles. The number of benzene rings is 1. The number of piperidine rings is 1. The number of ether oxygens (including phenoxy) is 1. The van der Waals surface area contributed by atoms with Crippen molar-refractivity contribution < 1.29 is 9.53 Å². The predicted molar refractivity (Wildman–Crippen MR) is 99.4 cm³/mol. The van der Waals surface area contributed by atoms with Crippen molar-refractivity contribution >= 4 is 11.7 Å². The van der Waals surface area contributed by atoms with Crippen molar-refractivity contribution in [1.82, 2.24) is 25.4 Å². The molecule has 0 aliphatic carbocycles. The highest BCUT2D eigenvalue weighted by Crippen LogP contribution is 2.29. The van der Waals surface area contributed by atoms with Gasteiger partial charge in [0.1, 0.15) is 18.4 Å². The van der Waals surface area contributed by atoms with E-state index in [0.29, 0.717) is 6.54 Å². The van der Waals surface area contributed by atoms with Crippen molar-refractivity contribution in [2.24, 2.45) is 0 Å². The molecule has 0 spiro atoms. The number of methoxy groups -OCH3 is 1. The number of aromatic nitrogens is 3. The zero-order valence-electron chi connectivity index (χ0n) is 15.3. The molecule has 0 saturated carbocycles. The fraction of sp³-hybridized carbons (Fsp3) is 0.500. The molecule has 8 heteroatoms. The molecule has 3 rings (SSSR count). The zero-order chi connectivity index (χ0) is 18.4. The van der Waals surface area contributed by atoms with Gasteiger partial charge in [0.15, 0.2) is 0 Å². The summed E-state index contributed by atoms with van der Waals surface area (Å²) in [6.45, 7) is 4.32. The number of urea groups is 1. The SMILES string of the molecule is COc1ccccc1N1CCC(NC(=O)NC(C)Cn2cncn2)CC1. The second kappa shape index (κ2) is 8.55. The molecule has 1 saturated heterocycles. The van der Waals surface area contributed by atoms with Gasteiger partial charge >= 0.3 is 6.03 Å².